The Morgan fingerprint density at radius 3 is 2.00 bits per heavy atom. The van der Waals surface area contributed by atoms with Crippen LogP contribution >= 0.6 is 0 Å². The quantitative estimate of drug-likeness (QED) is 0.319. The summed E-state index contributed by atoms with van der Waals surface area (Å²) in [7, 11) is 0. The molecule has 8 heteroatoms. The summed E-state index contributed by atoms with van der Waals surface area (Å²) in [6, 6.07) is 0. The van der Waals surface area contributed by atoms with Gasteiger partial charge in [-0.25, -0.2) is 0 Å². The van der Waals surface area contributed by atoms with Gasteiger partial charge in [0, 0.05) is 6.42 Å². The highest BCUT2D eigenvalue weighted by Crippen LogP contribution is 2.53. The maximum absolute atomic E-state index is 12.2. The number of aliphatic hydroxyl groups excluding tert-OH is 1. The third-order valence-corrected chi connectivity index (χ3v) is 5.66. The van der Waals surface area contributed by atoms with E-state index in [0.717, 1.165) is 47.0 Å². The summed E-state index contributed by atoms with van der Waals surface area (Å²) in [5.74, 6) is -5.76. The van der Waals surface area contributed by atoms with Crippen LogP contribution in [0, 0.1) is 0 Å². The first kappa shape index (κ1) is 22.3. The van der Waals surface area contributed by atoms with E-state index in [9.17, 15) is 30.3 Å². The number of unbranched alkanes of at least 4 members (excludes halogenated alkanes) is 3. The minimum Gasteiger partial charge on any atom is -0.450 e. The average Bonchev–Trinajstić information content (AvgIpc) is 2.49. The molecule has 0 aliphatic carbocycles. The highest BCUT2D eigenvalue weighted by molar-refractivity contribution is 5.70. The van der Waals surface area contributed by atoms with Crippen molar-refractivity contribution in [3.63, 3.8) is 0 Å². The van der Waals surface area contributed by atoms with Crippen molar-refractivity contribution in [1.82, 2.24) is 0 Å². The zero-order valence-corrected chi connectivity index (χ0v) is 15.7. The van der Waals surface area contributed by atoms with Crippen molar-refractivity contribution in [2.24, 2.45) is 0 Å². The van der Waals surface area contributed by atoms with Gasteiger partial charge >= 0.3 is 5.97 Å². The van der Waals surface area contributed by atoms with Crippen molar-refractivity contribution < 1.29 is 39.8 Å². The van der Waals surface area contributed by atoms with Crippen LogP contribution in [0.4, 0.5) is 0 Å². The summed E-state index contributed by atoms with van der Waals surface area (Å²) in [6.45, 7) is 5.34. The topological polar surface area (TPSA) is 137 Å². The monoisotopic (exact) mass is 364 g/mol. The largest absolute Gasteiger partial charge is 0.450 e. The van der Waals surface area contributed by atoms with E-state index in [2.05, 4.69) is 0 Å². The molecular formula is C17H32O8. The Hall–Kier alpha value is -0.770. The summed E-state index contributed by atoms with van der Waals surface area (Å²) < 4.78 is 10.4. The molecule has 2 unspecified atom stereocenters. The molecule has 1 aliphatic rings. The molecule has 1 aliphatic heterocycles. The van der Waals surface area contributed by atoms with Gasteiger partial charge in [0.2, 0.25) is 5.79 Å². The van der Waals surface area contributed by atoms with E-state index in [1.165, 1.54) is 0 Å². The number of ether oxygens (including phenoxy) is 2. The van der Waals surface area contributed by atoms with Gasteiger partial charge in [-0.3, -0.25) is 4.79 Å². The van der Waals surface area contributed by atoms with Crippen molar-refractivity contribution in [2.45, 2.75) is 95.1 Å². The molecule has 0 saturated carbocycles. The molecule has 5 atom stereocenters. The SMILES string of the molecule is CCCCCCC(=O)O[C@]1(C)C(O)(CO)O[C@](C)(O)C(C)(O)[C@@]1(C)O. The van der Waals surface area contributed by atoms with Gasteiger partial charge in [0.15, 0.2) is 11.4 Å². The van der Waals surface area contributed by atoms with Gasteiger partial charge < -0.3 is 35.0 Å². The summed E-state index contributed by atoms with van der Waals surface area (Å²) >= 11 is 0. The van der Waals surface area contributed by atoms with Crippen LogP contribution < -0.4 is 0 Å². The lowest BCUT2D eigenvalue weighted by Gasteiger charge is -2.63. The third kappa shape index (κ3) is 3.43. The summed E-state index contributed by atoms with van der Waals surface area (Å²) in [4.78, 5) is 12.2. The molecule has 0 aromatic heterocycles. The Labute approximate surface area is 148 Å². The first-order chi connectivity index (χ1) is 11.2. The van der Waals surface area contributed by atoms with E-state index in [4.69, 9.17) is 9.47 Å². The summed E-state index contributed by atoms with van der Waals surface area (Å²) in [5.41, 5.74) is -6.90. The molecule has 1 saturated heterocycles. The normalized spacial score (nSPS) is 44.6. The van der Waals surface area contributed by atoms with Crippen LogP contribution in [-0.2, 0) is 14.3 Å². The van der Waals surface area contributed by atoms with Crippen LogP contribution in [0.25, 0.3) is 0 Å². The molecule has 0 bridgehead atoms. The van der Waals surface area contributed by atoms with Crippen molar-refractivity contribution in [3.05, 3.63) is 0 Å². The Kier molecular flexibility index (Phi) is 6.32. The van der Waals surface area contributed by atoms with E-state index < -0.39 is 41.0 Å². The number of aliphatic hydroxyl groups is 5. The molecule has 1 rings (SSSR count). The van der Waals surface area contributed by atoms with Crippen LogP contribution in [0.5, 0.6) is 0 Å². The number of carbonyl (C=O) groups is 1. The fourth-order valence-electron chi connectivity index (χ4n) is 3.16. The fourth-order valence-corrected chi connectivity index (χ4v) is 3.16. The van der Waals surface area contributed by atoms with Gasteiger partial charge in [0.1, 0.15) is 17.8 Å². The number of carbonyl (C=O) groups excluding carboxylic acids is 1. The molecule has 0 aromatic rings. The summed E-state index contributed by atoms with van der Waals surface area (Å²) in [6.07, 6.45) is 3.40. The van der Waals surface area contributed by atoms with Crippen molar-refractivity contribution in [2.75, 3.05) is 6.61 Å². The predicted molar refractivity (Wildman–Crippen MR) is 88.2 cm³/mol. The van der Waals surface area contributed by atoms with Gasteiger partial charge in [0.25, 0.3) is 0 Å². The maximum atomic E-state index is 12.2. The van der Waals surface area contributed by atoms with E-state index in [0.29, 0.717) is 6.42 Å². The lowest BCUT2D eigenvalue weighted by atomic mass is 9.64. The molecule has 0 amide bonds. The summed E-state index contributed by atoms with van der Waals surface area (Å²) in [5, 5.41) is 52.2. The van der Waals surface area contributed by atoms with Crippen LogP contribution in [0.2, 0.25) is 0 Å². The second-order valence-electron chi connectivity index (χ2n) is 7.49. The molecule has 0 spiro atoms. The van der Waals surface area contributed by atoms with Crippen molar-refractivity contribution >= 4 is 5.97 Å². The van der Waals surface area contributed by atoms with Gasteiger partial charge in [-0.1, -0.05) is 26.2 Å². The van der Waals surface area contributed by atoms with Crippen LogP contribution in [0.3, 0.4) is 0 Å². The molecule has 148 valence electrons. The molecule has 0 aromatic carbocycles. The average molecular weight is 364 g/mol. The lowest BCUT2D eigenvalue weighted by molar-refractivity contribution is -0.493. The molecule has 5 N–H and O–H groups in total. The second-order valence-corrected chi connectivity index (χ2v) is 7.49. The number of rotatable bonds is 7. The fraction of sp³-hybridized carbons (Fsp3) is 0.941. The Morgan fingerprint density at radius 2 is 1.52 bits per heavy atom. The van der Waals surface area contributed by atoms with Gasteiger partial charge in [-0.2, -0.15) is 0 Å². The number of hydrogen-bond acceptors (Lipinski definition) is 8. The number of esters is 1. The van der Waals surface area contributed by atoms with Crippen molar-refractivity contribution in [1.29, 1.82) is 0 Å². The maximum Gasteiger partial charge on any atom is 0.306 e. The smallest absolute Gasteiger partial charge is 0.306 e. The van der Waals surface area contributed by atoms with Crippen LogP contribution in [0.1, 0.15) is 66.7 Å². The first-order valence-corrected chi connectivity index (χ1v) is 8.65. The first-order valence-electron chi connectivity index (χ1n) is 8.65. The predicted octanol–water partition coefficient (Wildman–Crippen LogP) is 0.180. The van der Waals surface area contributed by atoms with Gasteiger partial charge in [-0.05, 0) is 34.1 Å². The van der Waals surface area contributed by atoms with E-state index in [1.807, 2.05) is 6.92 Å². The highest BCUT2D eigenvalue weighted by Gasteiger charge is 2.77. The Bertz CT molecular complexity index is 487. The molecule has 0 radical (unpaired) electrons. The molecule has 1 fully saturated rings. The standard InChI is InChI=1S/C17H32O8/c1-6-7-8-9-10-12(19)24-15(4)13(2,20)14(3,21)16(5,22)25-17(15,23)11-18/h18,20-23H,6-11H2,1-5H3/t13-,14?,15+,16+,17?/m1/s1. The lowest BCUT2D eigenvalue weighted by Crippen LogP contribution is -2.85. The molecule has 8 nitrogen and oxygen atoms in total. The minimum atomic E-state index is -2.62. The molecule has 1 heterocycles. The van der Waals surface area contributed by atoms with E-state index in [1.54, 1.807) is 0 Å². The molecular weight excluding hydrogens is 332 g/mol. The zero-order valence-electron chi connectivity index (χ0n) is 15.7. The van der Waals surface area contributed by atoms with Gasteiger partial charge in [0.05, 0.1) is 0 Å². The van der Waals surface area contributed by atoms with Crippen LogP contribution in [-0.4, -0.2) is 66.5 Å². The van der Waals surface area contributed by atoms with Crippen LogP contribution in [0.15, 0.2) is 0 Å². The Balaban J connectivity index is 3.16. The van der Waals surface area contributed by atoms with Gasteiger partial charge in [-0.15, -0.1) is 0 Å². The third-order valence-electron chi connectivity index (χ3n) is 5.66. The zero-order chi connectivity index (χ0) is 19.7. The Morgan fingerprint density at radius 1 is 0.960 bits per heavy atom. The van der Waals surface area contributed by atoms with E-state index in [-0.39, 0.29) is 6.42 Å². The molecule has 25 heavy (non-hydrogen) atoms. The van der Waals surface area contributed by atoms with E-state index >= 15 is 0 Å². The van der Waals surface area contributed by atoms with Crippen molar-refractivity contribution in [3.8, 4) is 0 Å². The minimum absolute atomic E-state index is 0.0473. The highest BCUT2D eigenvalue weighted by atomic mass is 16.8. The second kappa shape index (κ2) is 7.09. The number of hydrogen-bond donors (Lipinski definition) is 5.